The van der Waals surface area contributed by atoms with Crippen LogP contribution in [0, 0.1) is 0 Å². The molecule has 0 aliphatic carbocycles. The van der Waals surface area contributed by atoms with E-state index in [9.17, 15) is 14.4 Å². The second kappa shape index (κ2) is 8.86. The van der Waals surface area contributed by atoms with Gasteiger partial charge in [-0.15, -0.1) is 6.58 Å². The molecule has 0 saturated carbocycles. The first-order valence-corrected chi connectivity index (χ1v) is 8.38. The number of urea groups is 1. The van der Waals surface area contributed by atoms with Gasteiger partial charge in [0.15, 0.2) is 0 Å². The number of rotatable bonds is 6. The Hall–Kier alpha value is -2.83. The molecule has 1 aromatic carbocycles. The Labute approximate surface area is 147 Å². The summed E-state index contributed by atoms with van der Waals surface area (Å²) in [5.74, 6) is -0.325. The molecule has 0 radical (unpaired) electrons. The molecule has 1 aliphatic rings. The van der Waals surface area contributed by atoms with Crippen molar-refractivity contribution in [2.75, 3.05) is 23.3 Å². The summed E-state index contributed by atoms with van der Waals surface area (Å²) in [6.07, 6.45) is 4.01. The van der Waals surface area contributed by atoms with Gasteiger partial charge in [0.1, 0.15) is 6.04 Å². The minimum Gasteiger partial charge on any atom is -0.374 e. The number of hydrogen-bond donors (Lipinski definition) is 3. The van der Waals surface area contributed by atoms with Crippen LogP contribution in [-0.2, 0) is 9.59 Å². The molecular formula is C18H24N4O3. The van der Waals surface area contributed by atoms with Crippen molar-refractivity contribution in [3.8, 4) is 0 Å². The molecule has 25 heavy (non-hydrogen) atoms. The zero-order valence-corrected chi connectivity index (χ0v) is 14.4. The minimum absolute atomic E-state index is 0.119. The largest absolute Gasteiger partial charge is 0.374 e. The molecule has 0 bridgehead atoms. The lowest BCUT2D eigenvalue weighted by Crippen LogP contribution is -2.45. The monoisotopic (exact) mass is 344 g/mol. The van der Waals surface area contributed by atoms with Crippen molar-refractivity contribution in [3.05, 3.63) is 36.9 Å². The minimum atomic E-state index is -0.609. The van der Waals surface area contributed by atoms with Crippen molar-refractivity contribution in [2.45, 2.75) is 32.2 Å². The molecule has 0 aromatic heterocycles. The van der Waals surface area contributed by atoms with Crippen molar-refractivity contribution in [1.82, 2.24) is 10.6 Å². The van der Waals surface area contributed by atoms with E-state index in [1.165, 1.54) is 6.08 Å². The van der Waals surface area contributed by atoms with Gasteiger partial charge in [-0.25, -0.2) is 4.79 Å². The number of amides is 4. The number of anilines is 2. The van der Waals surface area contributed by atoms with Crippen LogP contribution in [0.15, 0.2) is 36.9 Å². The molecule has 1 aromatic rings. The highest BCUT2D eigenvalue weighted by Gasteiger charge is 2.20. The van der Waals surface area contributed by atoms with Gasteiger partial charge in [0, 0.05) is 30.9 Å². The van der Waals surface area contributed by atoms with Crippen LogP contribution in [0.2, 0.25) is 0 Å². The van der Waals surface area contributed by atoms with Crippen LogP contribution in [-0.4, -0.2) is 37.0 Å². The van der Waals surface area contributed by atoms with E-state index in [1.807, 2.05) is 24.3 Å². The van der Waals surface area contributed by atoms with Crippen molar-refractivity contribution in [2.24, 2.45) is 0 Å². The zero-order chi connectivity index (χ0) is 18.2. The van der Waals surface area contributed by atoms with Crippen molar-refractivity contribution in [3.63, 3.8) is 0 Å². The first-order chi connectivity index (χ1) is 12.0. The molecule has 1 saturated heterocycles. The Kier molecular flexibility index (Phi) is 6.56. The molecule has 0 spiro atoms. The maximum atomic E-state index is 12.0. The number of nitrogens with one attached hydrogen (secondary N) is 3. The molecule has 2 rings (SSSR count). The number of carbonyl (C=O) groups excluding carboxylic acids is 3. The third kappa shape index (κ3) is 5.34. The van der Waals surface area contributed by atoms with E-state index in [2.05, 4.69) is 22.5 Å². The van der Waals surface area contributed by atoms with Gasteiger partial charge in [-0.05, 0) is 38.0 Å². The Bertz CT molecular complexity index is 659. The zero-order valence-electron chi connectivity index (χ0n) is 14.4. The van der Waals surface area contributed by atoms with Gasteiger partial charge in [-0.1, -0.05) is 12.1 Å². The molecule has 1 heterocycles. The summed E-state index contributed by atoms with van der Waals surface area (Å²) >= 11 is 0. The van der Waals surface area contributed by atoms with Gasteiger partial charge in [0.05, 0.1) is 0 Å². The third-order valence-electron chi connectivity index (χ3n) is 3.90. The number of benzene rings is 1. The molecule has 1 fully saturated rings. The third-order valence-corrected chi connectivity index (χ3v) is 3.90. The predicted molar refractivity (Wildman–Crippen MR) is 97.5 cm³/mol. The van der Waals surface area contributed by atoms with Crippen molar-refractivity contribution in [1.29, 1.82) is 0 Å². The molecule has 7 heteroatoms. The lowest BCUT2D eigenvalue weighted by Gasteiger charge is -2.27. The Morgan fingerprint density at radius 3 is 2.88 bits per heavy atom. The number of hydrogen-bond acceptors (Lipinski definition) is 4. The molecule has 4 amide bonds. The molecule has 134 valence electrons. The van der Waals surface area contributed by atoms with Crippen LogP contribution in [0.25, 0.3) is 0 Å². The van der Waals surface area contributed by atoms with Crippen LogP contribution in [0.1, 0.15) is 26.2 Å². The number of piperidine rings is 1. The average molecular weight is 344 g/mol. The van der Waals surface area contributed by atoms with E-state index in [0.717, 1.165) is 18.5 Å². The predicted octanol–water partition coefficient (Wildman–Crippen LogP) is 2.02. The summed E-state index contributed by atoms with van der Waals surface area (Å²) in [5.41, 5.74) is 1.52. The molecule has 1 aliphatic heterocycles. The van der Waals surface area contributed by atoms with Gasteiger partial charge < -0.3 is 15.5 Å². The first-order valence-electron chi connectivity index (χ1n) is 8.38. The quantitative estimate of drug-likeness (QED) is 0.689. The SMILES string of the molecule is C=CCNC(=O)NC(=O)[C@H](C)Nc1cccc(N2CCCCC2=O)c1. The maximum Gasteiger partial charge on any atom is 0.321 e. The highest BCUT2D eigenvalue weighted by atomic mass is 16.2. The highest BCUT2D eigenvalue weighted by Crippen LogP contribution is 2.24. The topological polar surface area (TPSA) is 90.5 Å². The fraction of sp³-hybridized carbons (Fsp3) is 0.389. The number of imide groups is 1. The molecule has 0 unspecified atom stereocenters. The van der Waals surface area contributed by atoms with E-state index < -0.39 is 18.0 Å². The van der Waals surface area contributed by atoms with Crippen LogP contribution in [0.5, 0.6) is 0 Å². The van der Waals surface area contributed by atoms with E-state index >= 15 is 0 Å². The fourth-order valence-electron chi connectivity index (χ4n) is 2.59. The van der Waals surface area contributed by atoms with E-state index in [-0.39, 0.29) is 12.5 Å². The number of nitrogens with zero attached hydrogens (tertiary/aromatic N) is 1. The normalized spacial score (nSPS) is 15.2. The first kappa shape index (κ1) is 18.5. The summed E-state index contributed by atoms with van der Waals surface area (Å²) in [6, 6.07) is 6.20. The van der Waals surface area contributed by atoms with Crippen LogP contribution < -0.4 is 20.9 Å². The summed E-state index contributed by atoms with van der Waals surface area (Å²) in [6.45, 7) is 6.14. The molecule has 1 atom stereocenters. The lowest BCUT2D eigenvalue weighted by molar-refractivity contribution is -0.120. The Morgan fingerprint density at radius 1 is 1.36 bits per heavy atom. The van der Waals surface area contributed by atoms with Crippen molar-refractivity contribution >= 4 is 29.2 Å². The Morgan fingerprint density at radius 2 is 2.16 bits per heavy atom. The summed E-state index contributed by atoms with van der Waals surface area (Å²) < 4.78 is 0. The van der Waals surface area contributed by atoms with Gasteiger partial charge in [-0.2, -0.15) is 0 Å². The summed E-state index contributed by atoms with van der Waals surface area (Å²) in [4.78, 5) is 37.3. The Balaban J connectivity index is 1.96. The standard InChI is InChI=1S/C18H24N4O3/c1-3-10-19-18(25)21-17(24)13(2)20-14-7-6-8-15(12-14)22-11-5-4-9-16(22)23/h3,6-8,12-13,20H,1,4-5,9-11H2,2H3,(H2,19,21,24,25)/t13-/m0/s1. The van der Waals surface area contributed by atoms with Crippen LogP contribution in [0.4, 0.5) is 16.2 Å². The van der Waals surface area contributed by atoms with E-state index in [4.69, 9.17) is 0 Å². The lowest BCUT2D eigenvalue weighted by atomic mass is 10.1. The smallest absolute Gasteiger partial charge is 0.321 e. The number of carbonyl (C=O) groups is 3. The highest BCUT2D eigenvalue weighted by molar-refractivity contribution is 5.98. The van der Waals surface area contributed by atoms with E-state index in [0.29, 0.717) is 18.7 Å². The summed E-state index contributed by atoms with van der Waals surface area (Å²) in [5, 5.41) is 7.78. The molecular weight excluding hydrogens is 320 g/mol. The fourth-order valence-corrected chi connectivity index (χ4v) is 2.59. The van der Waals surface area contributed by atoms with Crippen LogP contribution >= 0.6 is 0 Å². The van der Waals surface area contributed by atoms with Crippen LogP contribution in [0.3, 0.4) is 0 Å². The van der Waals surface area contributed by atoms with Gasteiger partial charge in [-0.3, -0.25) is 14.9 Å². The van der Waals surface area contributed by atoms with Gasteiger partial charge in [0.2, 0.25) is 11.8 Å². The molecule has 7 nitrogen and oxygen atoms in total. The van der Waals surface area contributed by atoms with Gasteiger partial charge in [0.25, 0.3) is 0 Å². The van der Waals surface area contributed by atoms with E-state index in [1.54, 1.807) is 11.8 Å². The molecule has 3 N–H and O–H groups in total. The second-order valence-corrected chi connectivity index (χ2v) is 5.91. The van der Waals surface area contributed by atoms with Crippen molar-refractivity contribution < 1.29 is 14.4 Å². The maximum absolute atomic E-state index is 12.0. The average Bonchev–Trinajstić information content (AvgIpc) is 2.60. The second-order valence-electron chi connectivity index (χ2n) is 5.91. The summed E-state index contributed by atoms with van der Waals surface area (Å²) in [7, 11) is 0. The van der Waals surface area contributed by atoms with Gasteiger partial charge >= 0.3 is 6.03 Å².